The van der Waals surface area contributed by atoms with Crippen LogP contribution in [0.15, 0.2) is 12.2 Å². The molecule has 2 heteroatoms. The second-order valence-corrected chi connectivity index (χ2v) is 9.56. The molecule has 0 bridgehead atoms. The van der Waals surface area contributed by atoms with Crippen LogP contribution < -0.4 is 0 Å². The summed E-state index contributed by atoms with van der Waals surface area (Å²) in [5, 5.41) is 0. The molecule has 0 aromatic rings. The number of allylic oxidation sites excluding steroid dienone is 1. The summed E-state index contributed by atoms with van der Waals surface area (Å²) in [6, 6.07) is 1.23. The molecule has 0 atom stereocenters. The third-order valence-corrected chi connectivity index (χ3v) is 5.52. The maximum absolute atomic E-state index is 5.82. The summed E-state index contributed by atoms with van der Waals surface area (Å²) in [7, 11) is -1.38. The highest BCUT2D eigenvalue weighted by molar-refractivity contribution is 6.71. The van der Waals surface area contributed by atoms with Crippen LogP contribution in [0.2, 0.25) is 19.1 Å². The molecule has 0 rings (SSSR count). The van der Waals surface area contributed by atoms with Gasteiger partial charge in [-0.25, -0.2) is 0 Å². The SMILES string of the molecule is C=C(CCCCCC)CC[Si](C)(C)OCC. The van der Waals surface area contributed by atoms with Crippen LogP contribution in [-0.4, -0.2) is 14.9 Å². The minimum absolute atomic E-state index is 0.863. The Bertz CT molecular complexity index is 187. The van der Waals surface area contributed by atoms with Crippen molar-refractivity contribution in [3.8, 4) is 0 Å². The molecule has 0 aliphatic rings. The fraction of sp³-hybridized carbons (Fsp3) is 0.857. The first-order valence-corrected chi connectivity index (χ1v) is 9.94. The average molecular weight is 242 g/mol. The first-order valence-electron chi connectivity index (χ1n) is 6.82. The normalized spacial score (nSPS) is 11.8. The van der Waals surface area contributed by atoms with Gasteiger partial charge in [0.2, 0.25) is 0 Å². The van der Waals surface area contributed by atoms with E-state index in [1.165, 1.54) is 50.1 Å². The Morgan fingerprint density at radius 3 is 2.31 bits per heavy atom. The molecule has 0 aromatic carbocycles. The van der Waals surface area contributed by atoms with E-state index in [0.717, 1.165) is 6.61 Å². The molecule has 0 fully saturated rings. The number of rotatable bonds is 10. The van der Waals surface area contributed by atoms with Gasteiger partial charge >= 0.3 is 0 Å². The lowest BCUT2D eigenvalue weighted by molar-refractivity contribution is 0.328. The van der Waals surface area contributed by atoms with E-state index in [1.54, 1.807) is 0 Å². The van der Waals surface area contributed by atoms with Crippen molar-refractivity contribution in [2.45, 2.75) is 71.5 Å². The van der Waals surface area contributed by atoms with Crippen LogP contribution in [0, 0.1) is 0 Å². The van der Waals surface area contributed by atoms with Crippen molar-refractivity contribution in [1.29, 1.82) is 0 Å². The number of unbranched alkanes of at least 4 members (excludes halogenated alkanes) is 3. The lowest BCUT2D eigenvalue weighted by atomic mass is 10.1. The van der Waals surface area contributed by atoms with E-state index >= 15 is 0 Å². The quantitative estimate of drug-likeness (QED) is 0.293. The first kappa shape index (κ1) is 15.9. The van der Waals surface area contributed by atoms with Gasteiger partial charge in [0.25, 0.3) is 0 Å². The Kier molecular flexibility index (Phi) is 8.95. The van der Waals surface area contributed by atoms with Crippen molar-refractivity contribution in [3.05, 3.63) is 12.2 Å². The van der Waals surface area contributed by atoms with Crippen LogP contribution in [0.4, 0.5) is 0 Å². The molecule has 0 N–H and O–H groups in total. The van der Waals surface area contributed by atoms with Crippen LogP contribution in [0.3, 0.4) is 0 Å². The zero-order valence-corrected chi connectivity index (χ0v) is 12.8. The fourth-order valence-corrected chi connectivity index (χ4v) is 3.75. The predicted molar refractivity (Wildman–Crippen MR) is 76.4 cm³/mol. The molecule has 0 saturated heterocycles. The lowest BCUT2D eigenvalue weighted by Gasteiger charge is -2.22. The number of hydrogen-bond donors (Lipinski definition) is 0. The smallest absolute Gasteiger partial charge is 0.187 e. The summed E-state index contributed by atoms with van der Waals surface area (Å²) >= 11 is 0. The van der Waals surface area contributed by atoms with Gasteiger partial charge in [0.05, 0.1) is 0 Å². The molecule has 0 saturated carbocycles. The maximum Gasteiger partial charge on any atom is 0.187 e. The van der Waals surface area contributed by atoms with Gasteiger partial charge in [-0.2, -0.15) is 0 Å². The molecule has 96 valence electrons. The Balaban J connectivity index is 3.56. The average Bonchev–Trinajstić information content (AvgIpc) is 2.22. The van der Waals surface area contributed by atoms with Gasteiger partial charge in [0, 0.05) is 6.61 Å². The van der Waals surface area contributed by atoms with Crippen molar-refractivity contribution < 1.29 is 4.43 Å². The molecule has 0 spiro atoms. The van der Waals surface area contributed by atoms with E-state index in [9.17, 15) is 0 Å². The molecule has 16 heavy (non-hydrogen) atoms. The van der Waals surface area contributed by atoms with Gasteiger partial charge in [-0.1, -0.05) is 38.3 Å². The Morgan fingerprint density at radius 1 is 1.06 bits per heavy atom. The predicted octanol–water partition coefficient (Wildman–Crippen LogP) is 5.14. The first-order chi connectivity index (χ1) is 7.52. The minimum atomic E-state index is -1.38. The van der Waals surface area contributed by atoms with Crippen LogP contribution in [0.5, 0.6) is 0 Å². The molecular weight excluding hydrogens is 212 g/mol. The van der Waals surface area contributed by atoms with Gasteiger partial charge in [-0.05, 0) is 45.3 Å². The standard InChI is InChI=1S/C14H30OSi/c1-6-8-9-10-11-14(3)12-13-16(4,5)15-7-2/h3,6-13H2,1-2,4-5H3. The minimum Gasteiger partial charge on any atom is -0.418 e. The van der Waals surface area contributed by atoms with Crippen LogP contribution >= 0.6 is 0 Å². The van der Waals surface area contributed by atoms with E-state index < -0.39 is 8.32 Å². The second-order valence-electron chi connectivity index (χ2n) is 5.25. The van der Waals surface area contributed by atoms with E-state index in [2.05, 4.69) is 33.5 Å². The van der Waals surface area contributed by atoms with Crippen molar-refractivity contribution in [3.63, 3.8) is 0 Å². The molecular formula is C14H30OSi. The van der Waals surface area contributed by atoms with Crippen molar-refractivity contribution in [2.24, 2.45) is 0 Å². The fourth-order valence-electron chi connectivity index (χ4n) is 1.87. The van der Waals surface area contributed by atoms with Crippen molar-refractivity contribution in [2.75, 3.05) is 6.61 Å². The van der Waals surface area contributed by atoms with E-state index in [1.807, 2.05) is 0 Å². The summed E-state index contributed by atoms with van der Waals surface area (Å²) in [5.74, 6) is 0. The van der Waals surface area contributed by atoms with E-state index in [0.29, 0.717) is 0 Å². The van der Waals surface area contributed by atoms with Gasteiger partial charge in [0.15, 0.2) is 8.32 Å². The molecule has 0 aliphatic heterocycles. The highest BCUT2D eigenvalue weighted by atomic mass is 28.4. The Hall–Kier alpha value is -0.0831. The van der Waals surface area contributed by atoms with Crippen LogP contribution in [0.1, 0.15) is 52.4 Å². The zero-order chi connectivity index (χ0) is 12.4. The van der Waals surface area contributed by atoms with Crippen LogP contribution in [-0.2, 0) is 4.43 Å². The molecule has 0 aromatic heterocycles. The Morgan fingerprint density at radius 2 is 1.75 bits per heavy atom. The highest BCUT2D eigenvalue weighted by Gasteiger charge is 2.21. The summed E-state index contributed by atoms with van der Waals surface area (Å²) < 4.78 is 5.82. The van der Waals surface area contributed by atoms with Gasteiger partial charge < -0.3 is 4.43 Å². The Labute approximate surface area is 103 Å². The van der Waals surface area contributed by atoms with Crippen molar-refractivity contribution in [1.82, 2.24) is 0 Å². The second kappa shape index (κ2) is 9.00. The van der Waals surface area contributed by atoms with Crippen LogP contribution in [0.25, 0.3) is 0 Å². The lowest BCUT2D eigenvalue weighted by Crippen LogP contribution is -2.29. The summed E-state index contributed by atoms with van der Waals surface area (Å²) in [5.41, 5.74) is 1.43. The molecule has 0 heterocycles. The van der Waals surface area contributed by atoms with E-state index in [4.69, 9.17) is 4.43 Å². The summed E-state index contributed by atoms with van der Waals surface area (Å²) in [6.45, 7) is 14.0. The van der Waals surface area contributed by atoms with Crippen molar-refractivity contribution >= 4 is 8.32 Å². The third kappa shape index (κ3) is 9.17. The van der Waals surface area contributed by atoms with Gasteiger partial charge in [-0.15, -0.1) is 0 Å². The zero-order valence-electron chi connectivity index (χ0n) is 11.8. The molecule has 0 amide bonds. The summed E-state index contributed by atoms with van der Waals surface area (Å²) in [4.78, 5) is 0. The highest BCUT2D eigenvalue weighted by Crippen LogP contribution is 2.20. The van der Waals surface area contributed by atoms with E-state index in [-0.39, 0.29) is 0 Å². The molecule has 0 radical (unpaired) electrons. The number of hydrogen-bond acceptors (Lipinski definition) is 1. The topological polar surface area (TPSA) is 9.23 Å². The molecule has 1 nitrogen and oxygen atoms in total. The van der Waals surface area contributed by atoms with Gasteiger partial charge in [0.1, 0.15) is 0 Å². The molecule has 0 unspecified atom stereocenters. The van der Waals surface area contributed by atoms with Gasteiger partial charge in [-0.3, -0.25) is 0 Å². The largest absolute Gasteiger partial charge is 0.418 e. The summed E-state index contributed by atoms with van der Waals surface area (Å²) in [6.07, 6.45) is 7.76. The maximum atomic E-state index is 5.82. The monoisotopic (exact) mass is 242 g/mol. The molecule has 0 aliphatic carbocycles. The third-order valence-electron chi connectivity index (χ3n) is 3.00.